The second kappa shape index (κ2) is 27.0. The van der Waals surface area contributed by atoms with Crippen molar-refractivity contribution < 1.29 is 0 Å². The molecule has 0 saturated heterocycles. The Bertz CT molecular complexity index is 6650. The van der Waals surface area contributed by atoms with Crippen LogP contribution in [0.2, 0.25) is 0 Å². The van der Waals surface area contributed by atoms with E-state index in [0.717, 1.165) is 183 Å². The van der Waals surface area contributed by atoms with Crippen molar-refractivity contribution in [3.63, 3.8) is 0 Å². The molecule has 0 fully saturated rings. The number of hydrogen-bond donors (Lipinski definition) is 0. The molecule has 494 valence electrons. The van der Waals surface area contributed by atoms with Crippen molar-refractivity contribution in [3.05, 3.63) is 353 Å². The highest BCUT2D eigenvalue weighted by atomic mass is 14.9. The van der Waals surface area contributed by atoms with E-state index in [4.69, 9.17) is 44.9 Å². The summed E-state index contributed by atoms with van der Waals surface area (Å²) in [7, 11) is 0. The van der Waals surface area contributed by atoms with Crippen molar-refractivity contribution >= 4 is 76.2 Å². The van der Waals surface area contributed by atoms with Gasteiger partial charge in [0.05, 0.1) is 73.0 Å². The van der Waals surface area contributed by atoms with Gasteiger partial charge in [-0.05, 0) is 154 Å². The summed E-state index contributed by atoms with van der Waals surface area (Å²) in [6.45, 7) is 0. The molecule has 12 heteroatoms. The zero-order valence-electron chi connectivity index (χ0n) is 56.9. The molecule has 20 rings (SSSR count). The molecule has 0 aliphatic carbocycles. The predicted octanol–water partition coefficient (Wildman–Crippen LogP) is 22.5. The van der Waals surface area contributed by atoms with Crippen LogP contribution in [0.25, 0.3) is 200 Å². The summed E-state index contributed by atoms with van der Waals surface area (Å²) in [4.78, 5) is 58.3. The van der Waals surface area contributed by atoms with Gasteiger partial charge in [0.1, 0.15) is 11.4 Å². The van der Waals surface area contributed by atoms with Crippen molar-refractivity contribution in [2.24, 2.45) is 0 Å². The van der Waals surface area contributed by atoms with Gasteiger partial charge >= 0.3 is 0 Å². The van der Waals surface area contributed by atoms with E-state index in [0.29, 0.717) is 17.3 Å². The summed E-state index contributed by atoms with van der Waals surface area (Å²) in [5, 5.41) is 8.73. The van der Waals surface area contributed by atoms with Gasteiger partial charge in [0, 0.05) is 102 Å². The van der Waals surface area contributed by atoms with Gasteiger partial charge in [-0.25, -0.2) is 44.9 Å². The largest absolute Gasteiger partial charge is 0.264 e. The lowest BCUT2D eigenvalue weighted by Crippen LogP contribution is -1.98. The van der Waals surface area contributed by atoms with E-state index in [1.54, 1.807) is 24.8 Å². The molecule has 0 radical (unpaired) electrons. The highest BCUT2D eigenvalue weighted by molar-refractivity contribution is 6.04. The highest BCUT2D eigenvalue weighted by Gasteiger charge is 2.17. The van der Waals surface area contributed by atoms with Crippen LogP contribution in [0.1, 0.15) is 0 Å². The molecule has 10 aromatic heterocycles. The molecule has 10 aromatic carbocycles. The minimum atomic E-state index is 0.545. The van der Waals surface area contributed by atoms with Gasteiger partial charge in [0.25, 0.3) is 0 Å². The molecule has 12 nitrogen and oxygen atoms in total. The average Bonchev–Trinajstić information content (AvgIpc) is 0.788. The molecule has 0 atom stereocenters. The quantitative estimate of drug-likeness (QED) is 0.113. The van der Waals surface area contributed by atoms with Crippen LogP contribution in [0.15, 0.2) is 353 Å². The number of aromatic nitrogens is 12. The van der Waals surface area contributed by atoms with Crippen LogP contribution >= 0.6 is 0 Å². The fourth-order valence-electron chi connectivity index (χ4n) is 13.8. The van der Waals surface area contributed by atoms with Gasteiger partial charge in [-0.15, -0.1) is 0 Å². The second-order valence-corrected chi connectivity index (χ2v) is 26.1. The molecule has 20 aromatic rings. The summed E-state index contributed by atoms with van der Waals surface area (Å²) >= 11 is 0. The molecular formula is C94H58N12. The van der Waals surface area contributed by atoms with Crippen LogP contribution < -0.4 is 0 Å². The molecule has 0 bridgehead atoms. The van der Waals surface area contributed by atoms with Crippen LogP contribution in [0.3, 0.4) is 0 Å². The topological polar surface area (TPSA) is 155 Å². The van der Waals surface area contributed by atoms with E-state index in [-0.39, 0.29) is 0 Å². The Morgan fingerprint density at radius 1 is 0.160 bits per heavy atom. The van der Waals surface area contributed by atoms with Crippen molar-refractivity contribution in [2.45, 2.75) is 0 Å². The van der Waals surface area contributed by atoms with E-state index in [2.05, 4.69) is 227 Å². The first kappa shape index (κ1) is 62.4. The first-order valence-electron chi connectivity index (χ1n) is 35.0. The van der Waals surface area contributed by atoms with Crippen LogP contribution in [0, 0.1) is 0 Å². The van der Waals surface area contributed by atoms with Gasteiger partial charge in [-0.1, -0.05) is 200 Å². The Labute approximate surface area is 609 Å². The van der Waals surface area contributed by atoms with Crippen LogP contribution in [-0.4, -0.2) is 59.8 Å². The number of hydrogen-bond acceptors (Lipinski definition) is 12. The molecule has 0 unspecified atom stereocenters. The third-order valence-electron chi connectivity index (χ3n) is 19.3. The lowest BCUT2D eigenvalue weighted by Gasteiger charge is -2.10. The third-order valence-corrected chi connectivity index (χ3v) is 19.3. The zero-order chi connectivity index (χ0) is 70.3. The fraction of sp³-hybridized carbons (Fsp3) is 0. The minimum Gasteiger partial charge on any atom is -0.264 e. The Kier molecular flexibility index (Phi) is 15.9. The summed E-state index contributed by atoms with van der Waals surface area (Å²) in [6.07, 6.45) is 8.95. The number of pyridine rings is 8. The minimum absolute atomic E-state index is 0.545. The van der Waals surface area contributed by atoms with E-state index in [1.165, 1.54) is 0 Å². The standard InChI is InChI=1S/C56H34N6.C38H24N6/c1-3-8-35(9-4-1)52-34-53(36-10-5-2-6-11-36)62-56(61-52)50-28-21-37-13-16-43(33-51(37)59-50)42-23-26-47-46(32-42)24-27-48(58-47)44-19-17-41-31-45(20-18-40(41)30-44)49-25-22-39-15-14-38-12-7-29-57-54(38)55(39)60-49;1-2-6-25(7-3-1)32-16-14-29-20-27(13-15-33(29)41-32)28-11-10-26-12-17-34(42-35(26)21-28)38-43-36(30-8-4-18-39-23-30)22-37(44-38)31-9-5-19-40-24-31/h1-34H;1-24H. The maximum atomic E-state index is 5.13. The lowest BCUT2D eigenvalue weighted by molar-refractivity contribution is 1.15. The first-order chi connectivity index (χ1) is 52.4. The second-order valence-electron chi connectivity index (χ2n) is 26.1. The number of benzene rings is 10. The SMILES string of the molecule is c1ccc(-c2cc(-c3ccccc3)nc(-c3ccc4ccc(-c5ccc6nc(-c7ccc8cc(-c9ccc%10ccc%11cccnc%11c%10n9)ccc8c7)ccc6c5)cc4n3)n2)cc1.c1ccc(-c2ccc3cc(-c4ccc5ccc(-c6nc(-c7cccnc7)cc(-c7cccnc7)n6)nc5c4)ccc3n2)cc1. The van der Waals surface area contributed by atoms with Crippen LogP contribution in [-0.2, 0) is 0 Å². The Balaban J connectivity index is 0.000000154. The van der Waals surface area contributed by atoms with Crippen molar-refractivity contribution in [2.75, 3.05) is 0 Å². The zero-order valence-corrected chi connectivity index (χ0v) is 56.9. The van der Waals surface area contributed by atoms with Crippen LogP contribution in [0.5, 0.6) is 0 Å². The summed E-state index contributed by atoms with van der Waals surface area (Å²) in [5.41, 5.74) is 24.5. The molecule has 0 spiro atoms. The molecule has 106 heavy (non-hydrogen) atoms. The Morgan fingerprint density at radius 3 is 0.991 bits per heavy atom. The summed E-state index contributed by atoms with van der Waals surface area (Å²) in [6, 6.07) is 110. The smallest absolute Gasteiger partial charge is 0.179 e. The number of rotatable bonds is 11. The average molecular weight is 1360 g/mol. The normalized spacial score (nSPS) is 11.4. The van der Waals surface area contributed by atoms with E-state index < -0.39 is 0 Å². The highest BCUT2D eigenvalue weighted by Crippen LogP contribution is 2.36. The molecule has 0 aliphatic rings. The third kappa shape index (κ3) is 12.5. The van der Waals surface area contributed by atoms with Crippen molar-refractivity contribution in [3.8, 4) is 124 Å². The molecule has 0 aliphatic heterocycles. The maximum Gasteiger partial charge on any atom is 0.179 e. The Hall–Kier alpha value is -14.6. The maximum absolute atomic E-state index is 5.13. The number of nitrogens with zero attached hydrogens (tertiary/aromatic N) is 12. The van der Waals surface area contributed by atoms with Crippen molar-refractivity contribution in [1.29, 1.82) is 0 Å². The lowest BCUT2D eigenvalue weighted by atomic mass is 9.99. The van der Waals surface area contributed by atoms with Gasteiger partial charge in [0.15, 0.2) is 11.6 Å². The predicted molar refractivity (Wildman–Crippen MR) is 429 cm³/mol. The summed E-state index contributed by atoms with van der Waals surface area (Å²) in [5.74, 6) is 1.13. The fourth-order valence-corrected chi connectivity index (χ4v) is 13.8. The molecule has 0 amide bonds. The first-order valence-corrected chi connectivity index (χ1v) is 35.0. The molecular weight excluding hydrogens is 1300 g/mol. The molecule has 0 saturated carbocycles. The van der Waals surface area contributed by atoms with Gasteiger partial charge in [0.2, 0.25) is 0 Å². The number of fused-ring (bicyclic) bond motifs is 8. The van der Waals surface area contributed by atoms with Gasteiger partial charge < -0.3 is 0 Å². The van der Waals surface area contributed by atoms with E-state index in [1.807, 2.05) is 115 Å². The van der Waals surface area contributed by atoms with Crippen molar-refractivity contribution in [1.82, 2.24) is 59.8 Å². The van der Waals surface area contributed by atoms with Gasteiger partial charge in [-0.2, -0.15) is 0 Å². The van der Waals surface area contributed by atoms with E-state index >= 15 is 0 Å². The monoisotopic (exact) mass is 1350 g/mol. The molecule has 10 heterocycles. The van der Waals surface area contributed by atoms with Crippen LogP contribution in [0.4, 0.5) is 0 Å². The Morgan fingerprint density at radius 2 is 0.500 bits per heavy atom. The summed E-state index contributed by atoms with van der Waals surface area (Å²) < 4.78 is 0. The molecule has 0 N–H and O–H groups in total. The van der Waals surface area contributed by atoms with E-state index in [9.17, 15) is 0 Å². The van der Waals surface area contributed by atoms with Gasteiger partial charge in [-0.3, -0.25) is 15.0 Å².